The Morgan fingerprint density at radius 2 is 2.00 bits per heavy atom. The number of benzene rings is 1. The fraction of sp³-hybridized carbons (Fsp3) is 0.571. The van der Waals surface area contributed by atoms with Crippen LogP contribution in [0, 0.1) is 12.8 Å². The third-order valence-electron chi connectivity index (χ3n) is 3.23. The third kappa shape index (κ3) is 4.19. The fourth-order valence-corrected chi connectivity index (χ4v) is 3.44. The Kier molecular flexibility index (Phi) is 5.98. The van der Waals surface area contributed by atoms with Crippen LogP contribution in [0.1, 0.15) is 26.3 Å². The Hall–Kier alpha value is -1.11. The molecule has 0 aliphatic heterocycles. The molecule has 0 aliphatic carbocycles. The molecule has 5 nitrogen and oxygen atoms in total. The van der Waals surface area contributed by atoms with Gasteiger partial charge in [0.2, 0.25) is 10.0 Å². The maximum absolute atomic E-state index is 12.5. The second-order valence-electron chi connectivity index (χ2n) is 5.10. The van der Waals surface area contributed by atoms with Crippen LogP contribution in [0.5, 0.6) is 0 Å². The Morgan fingerprint density at radius 1 is 1.35 bits per heavy atom. The van der Waals surface area contributed by atoms with Crippen LogP contribution in [0.15, 0.2) is 23.1 Å². The van der Waals surface area contributed by atoms with Gasteiger partial charge in [-0.3, -0.25) is 0 Å². The predicted molar refractivity (Wildman–Crippen MR) is 81.0 cm³/mol. The van der Waals surface area contributed by atoms with Crippen LogP contribution in [0.25, 0.3) is 0 Å². The molecule has 1 unspecified atom stereocenters. The summed E-state index contributed by atoms with van der Waals surface area (Å²) in [5.74, 6) is 0.137. The molecule has 20 heavy (non-hydrogen) atoms. The molecule has 1 atom stereocenters. The largest absolute Gasteiger partial charge is 0.398 e. The van der Waals surface area contributed by atoms with E-state index in [2.05, 4.69) is 4.72 Å². The lowest BCUT2D eigenvalue weighted by molar-refractivity contribution is 0.116. The molecule has 114 valence electrons. The van der Waals surface area contributed by atoms with Crippen LogP contribution < -0.4 is 10.5 Å². The number of nitrogens with one attached hydrogen (secondary N) is 1. The average Bonchev–Trinajstić information content (AvgIpc) is 2.37. The van der Waals surface area contributed by atoms with Gasteiger partial charge in [-0.2, -0.15) is 0 Å². The van der Waals surface area contributed by atoms with E-state index in [-0.39, 0.29) is 16.9 Å². The van der Waals surface area contributed by atoms with Crippen molar-refractivity contribution in [2.75, 3.05) is 18.9 Å². The summed E-state index contributed by atoms with van der Waals surface area (Å²) in [6.07, 6.45) is 0. The van der Waals surface area contributed by atoms with E-state index in [0.29, 0.717) is 24.5 Å². The van der Waals surface area contributed by atoms with E-state index in [1.54, 1.807) is 25.1 Å². The van der Waals surface area contributed by atoms with Gasteiger partial charge in [-0.05, 0) is 37.5 Å². The lowest BCUT2D eigenvalue weighted by atomic mass is 10.1. The highest BCUT2D eigenvalue weighted by Gasteiger charge is 2.24. The molecule has 0 aromatic heterocycles. The number of rotatable bonds is 7. The van der Waals surface area contributed by atoms with Gasteiger partial charge in [0.25, 0.3) is 0 Å². The maximum atomic E-state index is 12.5. The lowest BCUT2D eigenvalue weighted by Crippen LogP contribution is -2.42. The monoisotopic (exact) mass is 300 g/mol. The van der Waals surface area contributed by atoms with E-state index < -0.39 is 10.0 Å². The number of nitrogens with two attached hydrogens (primary N) is 1. The van der Waals surface area contributed by atoms with Crippen molar-refractivity contribution in [2.24, 2.45) is 5.92 Å². The molecule has 1 aromatic rings. The fourth-order valence-electron chi connectivity index (χ4n) is 1.79. The van der Waals surface area contributed by atoms with Crippen molar-refractivity contribution in [3.05, 3.63) is 23.8 Å². The van der Waals surface area contributed by atoms with Gasteiger partial charge in [-0.15, -0.1) is 0 Å². The molecule has 0 aliphatic rings. The van der Waals surface area contributed by atoms with Crippen LogP contribution >= 0.6 is 0 Å². The smallest absolute Gasteiger partial charge is 0.241 e. The van der Waals surface area contributed by atoms with Crippen molar-refractivity contribution in [1.82, 2.24) is 4.72 Å². The van der Waals surface area contributed by atoms with Crippen LogP contribution in [0.4, 0.5) is 5.69 Å². The lowest BCUT2D eigenvalue weighted by Gasteiger charge is -2.22. The minimum absolute atomic E-state index is 0.137. The first kappa shape index (κ1) is 16.9. The van der Waals surface area contributed by atoms with Crippen LogP contribution in [0.3, 0.4) is 0 Å². The Balaban J connectivity index is 3.00. The minimum Gasteiger partial charge on any atom is -0.398 e. The van der Waals surface area contributed by atoms with Gasteiger partial charge >= 0.3 is 0 Å². The molecule has 6 heteroatoms. The van der Waals surface area contributed by atoms with Crippen LogP contribution in [-0.4, -0.2) is 27.7 Å². The molecule has 1 rings (SSSR count). The number of nitrogen functional groups attached to an aromatic ring is 1. The summed E-state index contributed by atoms with van der Waals surface area (Å²) >= 11 is 0. The molecular formula is C14H24N2O3S. The highest BCUT2D eigenvalue weighted by atomic mass is 32.2. The number of hydrogen-bond acceptors (Lipinski definition) is 4. The van der Waals surface area contributed by atoms with E-state index in [1.165, 1.54) is 0 Å². The standard InChI is InChI=1S/C14H24N2O3S/c1-5-19-9-13(10(2)3)16-20(17,18)14-8-6-7-12(15)11(14)4/h6-8,10,13,16H,5,9,15H2,1-4H3. The SMILES string of the molecule is CCOCC(NS(=O)(=O)c1cccc(N)c1C)C(C)C. The number of hydrogen-bond donors (Lipinski definition) is 2. The van der Waals surface area contributed by atoms with E-state index >= 15 is 0 Å². The molecule has 0 saturated carbocycles. The van der Waals surface area contributed by atoms with Crippen LogP contribution in [0.2, 0.25) is 0 Å². The number of sulfonamides is 1. The summed E-state index contributed by atoms with van der Waals surface area (Å²) < 4.78 is 33.0. The molecule has 3 N–H and O–H groups in total. The molecule has 0 spiro atoms. The van der Waals surface area contributed by atoms with Crippen molar-refractivity contribution < 1.29 is 13.2 Å². The zero-order valence-electron chi connectivity index (χ0n) is 12.5. The van der Waals surface area contributed by atoms with Gasteiger partial charge in [-0.25, -0.2) is 13.1 Å². The molecule has 0 saturated heterocycles. The van der Waals surface area contributed by atoms with E-state index in [0.717, 1.165) is 0 Å². The summed E-state index contributed by atoms with van der Waals surface area (Å²) in [7, 11) is -3.60. The molecular weight excluding hydrogens is 276 g/mol. The Morgan fingerprint density at radius 3 is 2.55 bits per heavy atom. The van der Waals surface area contributed by atoms with Crippen molar-refractivity contribution in [1.29, 1.82) is 0 Å². The first-order valence-electron chi connectivity index (χ1n) is 6.74. The van der Waals surface area contributed by atoms with Gasteiger partial charge in [-0.1, -0.05) is 19.9 Å². The molecule has 0 radical (unpaired) electrons. The predicted octanol–water partition coefficient (Wildman–Crippen LogP) is 1.92. The summed E-state index contributed by atoms with van der Waals surface area (Å²) in [5.41, 5.74) is 6.81. The van der Waals surface area contributed by atoms with Gasteiger partial charge in [0, 0.05) is 18.3 Å². The highest BCUT2D eigenvalue weighted by molar-refractivity contribution is 7.89. The van der Waals surface area contributed by atoms with Gasteiger partial charge < -0.3 is 10.5 Å². The highest BCUT2D eigenvalue weighted by Crippen LogP contribution is 2.21. The first-order chi connectivity index (χ1) is 9.29. The van der Waals surface area contributed by atoms with E-state index in [1.807, 2.05) is 20.8 Å². The summed E-state index contributed by atoms with van der Waals surface area (Å²) in [5, 5.41) is 0. The van der Waals surface area contributed by atoms with Crippen molar-refractivity contribution in [2.45, 2.75) is 38.6 Å². The maximum Gasteiger partial charge on any atom is 0.241 e. The Labute approximate surface area is 121 Å². The van der Waals surface area contributed by atoms with Crippen LogP contribution in [-0.2, 0) is 14.8 Å². The third-order valence-corrected chi connectivity index (χ3v) is 4.86. The minimum atomic E-state index is -3.60. The Bertz CT molecular complexity index is 541. The molecule has 0 heterocycles. The molecule has 0 bridgehead atoms. The number of ether oxygens (including phenoxy) is 1. The number of anilines is 1. The first-order valence-corrected chi connectivity index (χ1v) is 8.23. The zero-order valence-corrected chi connectivity index (χ0v) is 13.3. The van der Waals surface area contributed by atoms with Crippen molar-refractivity contribution in [3.8, 4) is 0 Å². The average molecular weight is 300 g/mol. The zero-order chi connectivity index (χ0) is 15.3. The normalized spacial score (nSPS) is 13.7. The second kappa shape index (κ2) is 7.06. The molecule has 0 fully saturated rings. The summed E-state index contributed by atoms with van der Waals surface area (Å²) in [6, 6.07) is 4.63. The van der Waals surface area contributed by atoms with Gasteiger partial charge in [0.05, 0.1) is 11.5 Å². The summed E-state index contributed by atoms with van der Waals surface area (Å²) in [6.45, 7) is 8.42. The van der Waals surface area contributed by atoms with Gasteiger partial charge in [0.1, 0.15) is 0 Å². The second-order valence-corrected chi connectivity index (χ2v) is 6.78. The molecule has 0 amide bonds. The topological polar surface area (TPSA) is 81.4 Å². The van der Waals surface area contributed by atoms with Gasteiger partial charge in [0.15, 0.2) is 0 Å². The van der Waals surface area contributed by atoms with E-state index in [9.17, 15) is 8.42 Å². The van der Waals surface area contributed by atoms with Crippen molar-refractivity contribution >= 4 is 15.7 Å². The summed E-state index contributed by atoms with van der Waals surface area (Å²) in [4.78, 5) is 0.222. The van der Waals surface area contributed by atoms with Crippen molar-refractivity contribution in [3.63, 3.8) is 0 Å². The quantitative estimate of drug-likeness (QED) is 0.754. The molecule has 1 aromatic carbocycles. The van der Waals surface area contributed by atoms with E-state index in [4.69, 9.17) is 10.5 Å².